The molecule has 0 aliphatic carbocycles. The standard InChI is InChI=1S/C30H50N2/c1-7-10-13-15-16-21-29(4,5)27-24-31-26-20-18-19-25(28(26)32-27)30(6,22-12-9-3)23-17-14-11-8-2/h18-20,24H,7-17,21-23H2,1-6H3. The molecule has 2 nitrogen and oxygen atoms in total. The highest BCUT2D eigenvalue weighted by Gasteiger charge is 2.29. The number of hydrogen-bond donors (Lipinski definition) is 0. The third-order valence-electron chi connectivity index (χ3n) is 7.49. The lowest BCUT2D eigenvalue weighted by Gasteiger charge is -2.32. The summed E-state index contributed by atoms with van der Waals surface area (Å²) in [6.45, 7) is 14.1. The predicted molar refractivity (Wildman–Crippen MR) is 142 cm³/mol. The highest BCUT2D eigenvalue weighted by atomic mass is 14.8. The molecule has 0 saturated carbocycles. The van der Waals surface area contributed by atoms with Crippen LogP contribution in [0.4, 0.5) is 0 Å². The van der Waals surface area contributed by atoms with Crippen molar-refractivity contribution in [1.29, 1.82) is 0 Å². The molecular formula is C30H50N2. The molecule has 1 atom stereocenters. The maximum Gasteiger partial charge on any atom is 0.0927 e. The Kier molecular flexibility index (Phi) is 11.2. The number of benzene rings is 1. The Morgan fingerprint density at radius 3 is 1.97 bits per heavy atom. The summed E-state index contributed by atoms with van der Waals surface area (Å²) < 4.78 is 0. The Morgan fingerprint density at radius 1 is 0.688 bits per heavy atom. The van der Waals surface area contributed by atoms with Gasteiger partial charge in [0.25, 0.3) is 0 Å². The topological polar surface area (TPSA) is 25.8 Å². The molecule has 180 valence electrons. The number of fused-ring (bicyclic) bond motifs is 1. The van der Waals surface area contributed by atoms with Crippen molar-refractivity contribution in [3.63, 3.8) is 0 Å². The summed E-state index contributed by atoms with van der Waals surface area (Å²) in [6.07, 6.45) is 20.1. The van der Waals surface area contributed by atoms with Crippen molar-refractivity contribution in [2.75, 3.05) is 0 Å². The summed E-state index contributed by atoms with van der Waals surface area (Å²) >= 11 is 0. The minimum Gasteiger partial charge on any atom is -0.253 e. The van der Waals surface area contributed by atoms with E-state index in [0.717, 1.165) is 16.7 Å². The lowest BCUT2D eigenvalue weighted by Crippen LogP contribution is -2.24. The van der Waals surface area contributed by atoms with Gasteiger partial charge in [0, 0.05) is 11.6 Å². The quantitative estimate of drug-likeness (QED) is 0.244. The van der Waals surface area contributed by atoms with Crippen molar-refractivity contribution < 1.29 is 0 Å². The van der Waals surface area contributed by atoms with Gasteiger partial charge < -0.3 is 0 Å². The summed E-state index contributed by atoms with van der Waals surface area (Å²) in [6, 6.07) is 6.68. The van der Waals surface area contributed by atoms with Gasteiger partial charge in [-0.2, -0.15) is 0 Å². The van der Waals surface area contributed by atoms with Crippen molar-refractivity contribution in [2.24, 2.45) is 0 Å². The SMILES string of the molecule is CCCCCCCC(C)(C)c1cnc2cccc(C(C)(CCCC)CCCCCC)c2n1. The van der Waals surface area contributed by atoms with E-state index in [1.807, 2.05) is 6.20 Å². The number of aromatic nitrogens is 2. The first-order chi connectivity index (χ1) is 15.4. The Hall–Kier alpha value is -1.44. The summed E-state index contributed by atoms with van der Waals surface area (Å²) in [5.41, 5.74) is 5.05. The molecule has 0 radical (unpaired) electrons. The van der Waals surface area contributed by atoms with E-state index >= 15 is 0 Å². The molecule has 0 N–H and O–H groups in total. The molecule has 0 bridgehead atoms. The lowest BCUT2D eigenvalue weighted by molar-refractivity contribution is 0.371. The second-order valence-corrected chi connectivity index (χ2v) is 11.0. The third-order valence-corrected chi connectivity index (χ3v) is 7.49. The van der Waals surface area contributed by atoms with E-state index in [9.17, 15) is 0 Å². The zero-order valence-electron chi connectivity index (χ0n) is 22.1. The fourth-order valence-electron chi connectivity index (χ4n) is 5.05. The van der Waals surface area contributed by atoms with E-state index in [2.05, 4.69) is 59.7 Å². The van der Waals surface area contributed by atoms with Gasteiger partial charge in [-0.25, -0.2) is 4.98 Å². The maximum absolute atomic E-state index is 5.32. The summed E-state index contributed by atoms with van der Waals surface area (Å²) in [4.78, 5) is 10.2. The van der Waals surface area contributed by atoms with Gasteiger partial charge in [0.2, 0.25) is 0 Å². The number of hydrogen-bond acceptors (Lipinski definition) is 2. The minimum absolute atomic E-state index is 0.0709. The second kappa shape index (κ2) is 13.3. The molecule has 1 aromatic heterocycles. The van der Waals surface area contributed by atoms with Gasteiger partial charge in [0.15, 0.2) is 0 Å². The molecule has 2 aromatic rings. The number of nitrogens with zero attached hydrogens (tertiary/aromatic N) is 2. The number of para-hydroxylation sites is 1. The first-order valence-electron chi connectivity index (χ1n) is 13.6. The van der Waals surface area contributed by atoms with Gasteiger partial charge in [-0.1, -0.05) is 124 Å². The first-order valence-corrected chi connectivity index (χ1v) is 13.6. The molecule has 32 heavy (non-hydrogen) atoms. The van der Waals surface area contributed by atoms with Crippen LogP contribution < -0.4 is 0 Å². The molecule has 2 heteroatoms. The fraction of sp³-hybridized carbons (Fsp3) is 0.733. The molecular weight excluding hydrogens is 388 g/mol. The van der Waals surface area contributed by atoms with Gasteiger partial charge in [0.05, 0.1) is 16.7 Å². The largest absolute Gasteiger partial charge is 0.253 e. The molecule has 1 aromatic carbocycles. The third kappa shape index (κ3) is 7.56. The van der Waals surface area contributed by atoms with Gasteiger partial charge >= 0.3 is 0 Å². The summed E-state index contributed by atoms with van der Waals surface area (Å²) in [7, 11) is 0. The van der Waals surface area contributed by atoms with Crippen LogP contribution in [0.5, 0.6) is 0 Å². The van der Waals surface area contributed by atoms with Crippen LogP contribution in [-0.4, -0.2) is 9.97 Å². The number of rotatable bonds is 16. The average molecular weight is 439 g/mol. The van der Waals surface area contributed by atoms with Crippen LogP contribution in [0, 0.1) is 0 Å². The fourth-order valence-corrected chi connectivity index (χ4v) is 5.05. The monoisotopic (exact) mass is 438 g/mol. The molecule has 0 spiro atoms. The molecule has 0 amide bonds. The average Bonchev–Trinajstić information content (AvgIpc) is 2.79. The molecule has 2 rings (SSSR count). The summed E-state index contributed by atoms with van der Waals surface area (Å²) in [5, 5.41) is 0. The Bertz CT molecular complexity index is 795. The van der Waals surface area contributed by atoms with Crippen LogP contribution in [0.25, 0.3) is 11.0 Å². The van der Waals surface area contributed by atoms with E-state index in [1.54, 1.807) is 0 Å². The van der Waals surface area contributed by atoms with E-state index in [-0.39, 0.29) is 10.8 Å². The normalized spacial score (nSPS) is 14.1. The predicted octanol–water partition coefficient (Wildman–Crippen LogP) is 9.69. The maximum atomic E-state index is 5.32. The Morgan fingerprint density at radius 2 is 1.28 bits per heavy atom. The smallest absolute Gasteiger partial charge is 0.0927 e. The van der Waals surface area contributed by atoms with Gasteiger partial charge in [0.1, 0.15) is 0 Å². The van der Waals surface area contributed by atoms with Crippen molar-refractivity contribution >= 4 is 11.0 Å². The van der Waals surface area contributed by atoms with Gasteiger partial charge in [-0.05, 0) is 36.3 Å². The van der Waals surface area contributed by atoms with Crippen LogP contribution >= 0.6 is 0 Å². The van der Waals surface area contributed by atoms with E-state index in [0.29, 0.717) is 0 Å². The first kappa shape index (κ1) is 26.8. The summed E-state index contributed by atoms with van der Waals surface area (Å²) in [5.74, 6) is 0. The van der Waals surface area contributed by atoms with Crippen molar-refractivity contribution in [1.82, 2.24) is 9.97 Å². The lowest BCUT2D eigenvalue weighted by atomic mass is 9.73. The van der Waals surface area contributed by atoms with Gasteiger partial charge in [-0.15, -0.1) is 0 Å². The second-order valence-electron chi connectivity index (χ2n) is 11.0. The van der Waals surface area contributed by atoms with Crippen LogP contribution in [0.2, 0.25) is 0 Å². The minimum atomic E-state index is 0.0709. The Labute approximate surface area is 199 Å². The molecule has 1 unspecified atom stereocenters. The molecule has 0 aliphatic heterocycles. The molecule has 1 heterocycles. The van der Waals surface area contributed by atoms with E-state index < -0.39 is 0 Å². The Balaban J connectivity index is 2.32. The van der Waals surface area contributed by atoms with E-state index in [1.165, 1.54) is 95.5 Å². The molecule has 0 saturated heterocycles. The van der Waals surface area contributed by atoms with Crippen LogP contribution in [-0.2, 0) is 10.8 Å². The van der Waals surface area contributed by atoms with Crippen LogP contribution in [0.15, 0.2) is 24.4 Å². The highest BCUT2D eigenvalue weighted by Crippen LogP contribution is 2.39. The number of unbranched alkanes of at least 4 members (excludes halogenated alkanes) is 8. The molecule has 0 fully saturated rings. The van der Waals surface area contributed by atoms with Crippen molar-refractivity contribution in [3.8, 4) is 0 Å². The zero-order chi connectivity index (χ0) is 23.5. The zero-order valence-corrected chi connectivity index (χ0v) is 22.1. The molecule has 0 aliphatic rings. The van der Waals surface area contributed by atoms with Gasteiger partial charge in [-0.3, -0.25) is 4.98 Å². The highest BCUT2D eigenvalue weighted by molar-refractivity contribution is 5.79. The van der Waals surface area contributed by atoms with Crippen LogP contribution in [0.3, 0.4) is 0 Å². The van der Waals surface area contributed by atoms with Crippen molar-refractivity contribution in [3.05, 3.63) is 35.7 Å². The van der Waals surface area contributed by atoms with E-state index in [4.69, 9.17) is 9.97 Å². The van der Waals surface area contributed by atoms with Crippen molar-refractivity contribution in [2.45, 2.75) is 142 Å². The van der Waals surface area contributed by atoms with Crippen LogP contribution in [0.1, 0.15) is 143 Å².